The van der Waals surface area contributed by atoms with Crippen LogP contribution >= 0.6 is 0 Å². The number of alkyl carbamates (subject to hydrolysis) is 1. The summed E-state index contributed by atoms with van der Waals surface area (Å²) in [5, 5.41) is 5.01. The summed E-state index contributed by atoms with van der Waals surface area (Å²) in [6.07, 6.45) is 4.35. The molecule has 2 amide bonds. The number of fused-ring (bicyclic) bond motifs is 1. The summed E-state index contributed by atoms with van der Waals surface area (Å²) in [7, 11) is 0. The van der Waals surface area contributed by atoms with Crippen molar-refractivity contribution in [3.8, 4) is 0 Å². The van der Waals surface area contributed by atoms with E-state index in [1.807, 2.05) is 18.3 Å². The number of nitrogens with zero attached hydrogens (tertiary/aromatic N) is 2. The maximum atomic E-state index is 11.4. The lowest BCUT2D eigenvalue weighted by atomic mass is 9.93. The molecule has 0 spiro atoms. The number of pyridine rings is 1. The third-order valence-electron chi connectivity index (χ3n) is 4.72. The minimum absolute atomic E-state index is 0.386. The summed E-state index contributed by atoms with van der Waals surface area (Å²) in [5.74, 6) is 0.924. The fourth-order valence-corrected chi connectivity index (χ4v) is 3.26. The van der Waals surface area contributed by atoms with Crippen LogP contribution in [0.4, 0.5) is 10.6 Å². The van der Waals surface area contributed by atoms with Crippen molar-refractivity contribution in [3.05, 3.63) is 36.5 Å². The lowest BCUT2D eigenvalue weighted by Gasteiger charge is -2.33. The van der Waals surface area contributed by atoms with Gasteiger partial charge in [-0.2, -0.15) is 0 Å². The molecule has 2 heterocycles. The SMILES string of the molecule is NC(=O)COC(=O)NCCC1CCN(c2cc3ccccc3cn2)CC1. The molecule has 1 saturated heterocycles. The Morgan fingerprint density at radius 2 is 1.96 bits per heavy atom. The number of hydrogen-bond donors (Lipinski definition) is 2. The molecule has 1 fully saturated rings. The number of rotatable bonds is 6. The molecular formula is C19H24N4O3. The van der Waals surface area contributed by atoms with Crippen molar-refractivity contribution in [2.75, 3.05) is 31.1 Å². The Kier molecular flexibility index (Phi) is 5.88. The number of piperidine rings is 1. The lowest BCUT2D eigenvalue weighted by Crippen LogP contribution is -2.36. The van der Waals surface area contributed by atoms with Gasteiger partial charge in [0, 0.05) is 31.2 Å². The van der Waals surface area contributed by atoms with Gasteiger partial charge in [0.25, 0.3) is 5.91 Å². The van der Waals surface area contributed by atoms with E-state index < -0.39 is 12.0 Å². The highest BCUT2D eigenvalue weighted by Gasteiger charge is 2.20. The van der Waals surface area contributed by atoms with Crippen molar-refractivity contribution >= 4 is 28.6 Å². The van der Waals surface area contributed by atoms with Gasteiger partial charge in [-0.25, -0.2) is 9.78 Å². The van der Waals surface area contributed by atoms with E-state index >= 15 is 0 Å². The number of hydrogen-bond acceptors (Lipinski definition) is 5. The fourth-order valence-electron chi connectivity index (χ4n) is 3.26. The van der Waals surface area contributed by atoms with Gasteiger partial charge in [-0.1, -0.05) is 24.3 Å². The number of amides is 2. The molecule has 26 heavy (non-hydrogen) atoms. The third-order valence-corrected chi connectivity index (χ3v) is 4.72. The summed E-state index contributed by atoms with van der Waals surface area (Å²) < 4.78 is 4.66. The summed E-state index contributed by atoms with van der Waals surface area (Å²) in [5.41, 5.74) is 4.92. The van der Waals surface area contributed by atoms with E-state index in [9.17, 15) is 9.59 Å². The maximum absolute atomic E-state index is 11.4. The number of primary amides is 1. The number of carbonyl (C=O) groups is 2. The Bertz CT molecular complexity index is 772. The van der Waals surface area contributed by atoms with E-state index in [4.69, 9.17) is 5.73 Å². The number of benzene rings is 1. The quantitative estimate of drug-likeness (QED) is 0.825. The molecule has 138 valence electrons. The largest absolute Gasteiger partial charge is 0.439 e. The van der Waals surface area contributed by atoms with Crippen LogP contribution in [0.15, 0.2) is 36.5 Å². The molecule has 2 aromatic rings. The minimum Gasteiger partial charge on any atom is -0.439 e. The number of anilines is 1. The van der Waals surface area contributed by atoms with Gasteiger partial charge in [0.05, 0.1) is 0 Å². The molecule has 0 atom stereocenters. The van der Waals surface area contributed by atoms with Crippen LogP contribution in [0.1, 0.15) is 19.3 Å². The van der Waals surface area contributed by atoms with Crippen LogP contribution in [-0.2, 0) is 9.53 Å². The van der Waals surface area contributed by atoms with Crippen LogP contribution in [-0.4, -0.2) is 43.2 Å². The first-order valence-electron chi connectivity index (χ1n) is 8.90. The molecule has 0 unspecified atom stereocenters. The maximum Gasteiger partial charge on any atom is 0.407 e. The number of nitrogens with two attached hydrogens (primary N) is 1. The zero-order valence-corrected chi connectivity index (χ0v) is 14.7. The molecule has 7 heteroatoms. The Hall–Kier alpha value is -2.83. The highest BCUT2D eigenvalue weighted by molar-refractivity contribution is 5.83. The Labute approximate surface area is 152 Å². The number of carbonyl (C=O) groups excluding carboxylic acids is 2. The summed E-state index contributed by atoms with van der Waals surface area (Å²) in [6, 6.07) is 10.4. The summed E-state index contributed by atoms with van der Waals surface area (Å²) >= 11 is 0. The Morgan fingerprint density at radius 1 is 1.23 bits per heavy atom. The second-order valence-corrected chi connectivity index (χ2v) is 6.58. The van der Waals surface area contributed by atoms with Gasteiger partial charge < -0.3 is 20.7 Å². The summed E-state index contributed by atoms with van der Waals surface area (Å²) in [6.45, 7) is 2.07. The van der Waals surface area contributed by atoms with Gasteiger partial charge in [0.1, 0.15) is 5.82 Å². The molecule has 0 bridgehead atoms. The van der Waals surface area contributed by atoms with Gasteiger partial charge in [-0.05, 0) is 36.6 Å². The van der Waals surface area contributed by atoms with Gasteiger partial charge >= 0.3 is 6.09 Å². The molecule has 0 aliphatic carbocycles. The molecule has 3 rings (SSSR count). The van der Waals surface area contributed by atoms with E-state index in [1.54, 1.807) is 0 Å². The van der Waals surface area contributed by atoms with E-state index in [-0.39, 0.29) is 6.61 Å². The normalized spacial score (nSPS) is 15.0. The van der Waals surface area contributed by atoms with Gasteiger partial charge in [-0.15, -0.1) is 0 Å². The highest BCUT2D eigenvalue weighted by Crippen LogP contribution is 2.25. The van der Waals surface area contributed by atoms with Crippen molar-refractivity contribution < 1.29 is 14.3 Å². The van der Waals surface area contributed by atoms with Crippen LogP contribution in [0.3, 0.4) is 0 Å². The third kappa shape index (κ3) is 4.84. The fraction of sp³-hybridized carbons (Fsp3) is 0.421. The van der Waals surface area contributed by atoms with Crippen LogP contribution < -0.4 is 16.0 Å². The molecule has 1 aliphatic rings. The average Bonchev–Trinajstić information content (AvgIpc) is 2.66. The average molecular weight is 356 g/mol. The van der Waals surface area contributed by atoms with Crippen LogP contribution in [0.2, 0.25) is 0 Å². The zero-order chi connectivity index (χ0) is 18.4. The predicted octanol–water partition coefficient (Wildman–Crippen LogP) is 2.05. The first kappa shape index (κ1) is 18.0. The van der Waals surface area contributed by atoms with E-state index in [0.29, 0.717) is 12.5 Å². The zero-order valence-electron chi connectivity index (χ0n) is 14.7. The summed E-state index contributed by atoms with van der Waals surface area (Å²) in [4.78, 5) is 28.8. The van der Waals surface area contributed by atoms with Crippen LogP contribution in [0.25, 0.3) is 10.8 Å². The monoisotopic (exact) mass is 356 g/mol. The smallest absolute Gasteiger partial charge is 0.407 e. The van der Waals surface area contributed by atoms with Gasteiger partial charge in [-0.3, -0.25) is 4.79 Å². The second kappa shape index (κ2) is 8.51. The Balaban J connectivity index is 1.42. The van der Waals surface area contributed by atoms with Crippen molar-refractivity contribution in [1.29, 1.82) is 0 Å². The molecule has 1 aliphatic heterocycles. The number of ether oxygens (including phenoxy) is 1. The molecule has 0 radical (unpaired) electrons. The lowest BCUT2D eigenvalue weighted by molar-refractivity contribution is -0.120. The predicted molar refractivity (Wildman–Crippen MR) is 99.8 cm³/mol. The number of nitrogens with one attached hydrogen (secondary N) is 1. The van der Waals surface area contributed by atoms with Crippen LogP contribution in [0.5, 0.6) is 0 Å². The molecule has 1 aromatic heterocycles. The molecular weight excluding hydrogens is 332 g/mol. The van der Waals surface area contributed by atoms with Crippen molar-refractivity contribution in [1.82, 2.24) is 10.3 Å². The minimum atomic E-state index is -0.658. The first-order valence-corrected chi connectivity index (χ1v) is 8.90. The molecule has 7 nitrogen and oxygen atoms in total. The van der Waals surface area contributed by atoms with Gasteiger partial charge in [0.2, 0.25) is 0 Å². The van der Waals surface area contributed by atoms with E-state index in [0.717, 1.165) is 43.6 Å². The van der Waals surface area contributed by atoms with Crippen molar-refractivity contribution in [2.24, 2.45) is 11.7 Å². The van der Waals surface area contributed by atoms with Gasteiger partial charge in [0.15, 0.2) is 6.61 Å². The van der Waals surface area contributed by atoms with Crippen LogP contribution in [0, 0.1) is 5.92 Å². The van der Waals surface area contributed by atoms with Crippen molar-refractivity contribution in [2.45, 2.75) is 19.3 Å². The molecule has 3 N–H and O–H groups in total. The standard InChI is InChI=1S/C19H24N4O3/c20-17(24)13-26-19(25)21-8-5-14-6-9-23(10-7-14)18-11-15-3-1-2-4-16(15)12-22-18/h1-4,11-12,14H,5-10,13H2,(H2,20,24)(H,21,25). The Morgan fingerprint density at radius 3 is 2.69 bits per heavy atom. The highest BCUT2D eigenvalue weighted by atomic mass is 16.6. The second-order valence-electron chi connectivity index (χ2n) is 6.58. The molecule has 0 saturated carbocycles. The van der Waals surface area contributed by atoms with E-state index in [2.05, 4.69) is 38.1 Å². The first-order chi connectivity index (χ1) is 12.6. The van der Waals surface area contributed by atoms with Crippen molar-refractivity contribution in [3.63, 3.8) is 0 Å². The number of aromatic nitrogens is 1. The van der Waals surface area contributed by atoms with E-state index in [1.165, 1.54) is 5.39 Å². The molecule has 1 aromatic carbocycles. The topological polar surface area (TPSA) is 97.6 Å².